The number of hydrogen-bond donors (Lipinski definition) is 2. The Labute approximate surface area is 104 Å². The van der Waals surface area contributed by atoms with Gasteiger partial charge in [0.25, 0.3) is 0 Å². The van der Waals surface area contributed by atoms with Crippen molar-refractivity contribution in [1.29, 1.82) is 0 Å². The quantitative estimate of drug-likeness (QED) is 0.892. The molecule has 5 heteroatoms. The normalized spacial score (nSPS) is 16.4. The molecule has 0 aliphatic heterocycles. The van der Waals surface area contributed by atoms with Crippen LogP contribution in [0.4, 0.5) is 11.8 Å². The fourth-order valence-corrected chi connectivity index (χ4v) is 2.28. The van der Waals surface area contributed by atoms with Crippen LogP contribution in [-0.2, 0) is 0 Å². The summed E-state index contributed by atoms with van der Waals surface area (Å²) in [5.74, 6) is 1.59. The molecular formula is C11H17BrN4. The van der Waals surface area contributed by atoms with E-state index in [4.69, 9.17) is 0 Å². The highest BCUT2D eigenvalue weighted by molar-refractivity contribution is 9.10. The Hall–Kier alpha value is -0.840. The van der Waals surface area contributed by atoms with Gasteiger partial charge in [-0.05, 0) is 35.7 Å². The summed E-state index contributed by atoms with van der Waals surface area (Å²) in [6.07, 6.45) is 6.92. The monoisotopic (exact) mass is 284 g/mol. The first kappa shape index (κ1) is 11.6. The fraction of sp³-hybridized carbons (Fsp3) is 0.636. The van der Waals surface area contributed by atoms with Gasteiger partial charge in [-0.15, -0.1) is 0 Å². The lowest BCUT2D eigenvalue weighted by molar-refractivity contribution is 0.749. The maximum absolute atomic E-state index is 4.45. The van der Waals surface area contributed by atoms with E-state index in [0.29, 0.717) is 12.0 Å². The number of halogens is 1. The average molecular weight is 285 g/mol. The van der Waals surface area contributed by atoms with Gasteiger partial charge in [0.05, 0.1) is 4.47 Å². The van der Waals surface area contributed by atoms with Gasteiger partial charge in [-0.2, -0.15) is 4.98 Å². The highest BCUT2D eigenvalue weighted by Gasteiger charge is 2.16. The van der Waals surface area contributed by atoms with Crippen LogP contribution in [0.25, 0.3) is 0 Å². The molecular weight excluding hydrogens is 268 g/mol. The summed E-state index contributed by atoms with van der Waals surface area (Å²) >= 11 is 3.47. The molecule has 16 heavy (non-hydrogen) atoms. The van der Waals surface area contributed by atoms with Crippen LogP contribution < -0.4 is 10.6 Å². The molecule has 2 N–H and O–H groups in total. The number of hydrogen-bond acceptors (Lipinski definition) is 4. The molecule has 2 rings (SSSR count). The van der Waals surface area contributed by atoms with E-state index in [0.717, 1.165) is 16.8 Å². The van der Waals surface area contributed by atoms with Crippen LogP contribution in [0.2, 0.25) is 0 Å². The van der Waals surface area contributed by atoms with Gasteiger partial charge in [-0.1, -0.05) is 12.8 Å². The van der Waals surface area contributed by atoms with E-state index in [9.17, 15) is 0 Å². The van der Waals surface area contributed by atoms with Gasteiger partial charge in [0.15, 0.2) is 0 Å². The summed E-state index contributed by atoms with van der Waals surface area (Å²) in [6.45, 7) is 2.87. The first-order chi connectivity index (χ1) is 7.79. The predicted molar refractivity (Wildman–Crippen MR) is 69.8 cm³/mol. The number of aromatic nitrogens is 2. The Bertz CT molecular complexity index is 350. The molecule has 0 radical (unpaired) electrons. The minimum atomic E-state index is 0.570. The van der Waals surface area contributed by atoms with E-state index >= 15 is 0 Å². The fourth-order valence-electron chi connectivity index (χ4n) is 1.98. The van der Waals surface area contributed by atoms with Crippen molar-refractivity contribution in [3.05, 3.63) is 10.7 Å². The molecule has 88 valence electrons. The summed E-state index contributed by atoms with van der Waals surface area (Å²) in [4.78, 5) is 8.64. The predicted octanol–water partition coefficient (Wildman–Crippen LogP) is 3.03. The highest BCUT2D eigenvalue weighted by Crippen LogP contribution is 2.26. The molecule has 1 saturated carbocycles. The maximum Gasteiger partial charge on any atom is 0.224 e. The van der Waals surface area contributed by atoms with E-state index in [1.165, 1.54) is 25.7 Å². The Morgan fingerprint density at radius 1 is 1.44 bits per heavy atom. The molecule has 0 aromatic carbocycles. The molecule has 4 nitrogen and oxygen atoms in total. The van der Waals surface area contributed by atoms with E-state index in [-0.39, 0.29) is 0 Å². The van der Waals surface area contributed by atoms with Gasteiger partial charge in [-0.25, -0.2) is 4.98 Å². The maximum atomic E-state index is 4.45. The lowest BCUT2D eigenvalue weighted by atomic mass is 10.2. The summed E-state index contributed by atoms with van der Waals surface area (Å²) in [7, 11) is 0. The molecule has 0 atom stereocenters. The molecule has 1 heterocycles. The van der Waals surface area contributed by atoms with Gasteiger partial charge >= 0.3 is 0 Å². The number of nitrogens with zero attached hydrogens (tertiary/aromatic N) is 2. The number of nitrogens with one attached hydrogen (secondary N) is 2. The van der Waals surface area contributed by atoms with Crippen LogP contribution in [0.5, 0.6) is 0 Å². The van der Waals surface area contributed by atoms with Gasteiger partial charge in [0.1, 0.15) is 5.82 Å². The lowest BCUT2D eigenvalue weighted by Gasteiger charge is -2.14. The molecule has 0 unspecified atom stereocenters. The third-order valence-corrected chi connectivity index (χ3v) is 3.36. The van der Waals surface area contributed by atoms with Crippen molar-refractivity contribution in [3.63, 3.8) is 0 Å². The van der Waals surface area contributed by atoms with Gasteiger partial charge in [0, 0.05) is 18.8 Å². The van der Waals surface area contributed by atoms with Crippen LogP contribution in [0, 0.1) is 0 Å². The molecule has 1 aromatic rings. The standard InChI is InChI=1S/C11H17BrN4/c1-2-13-11-14-7-9(12)10(16-11)15-8-5-3-4-6-8/h7-8H,2-6H2,1H3,(H2,13,14,15,16). The smallest absolute Gasteiger partial charge is 0.224 e. The SMILES string of the molecule is CCNc1ncc(Br)c(NC2CCCC2)n1. The summed E-state index contributed by atoms with van der Waals surface area (Å²) in [5, 5.41) is 6.59. The first-order valence-electron chi connectivity index (χ1n) is 5.82. The zero-order valence-electron chi connectivity index (χ0n) is 9.46. The van der Waals surface area contributed by atoms with Crippen molar-refractivity contribution in [2.24, 2.45) is 0 Å². The van der Waals surface area contributed by atoms with Crippen molar-refractivity contribution < 1.29 is 0 Å². The van der Waals surface area contributed by atoms with Crippen molar-refractivity contribution >= 4 is 27.7 Å². The Morgan fingerprint density at radius 2 is 2.19 bits per heavy atom. The van der Waals surface area contributed by atoms with E-state index < -0.39 is 0 Å². The van der Waals surface area contributed by atoms with Gasteiger partial charge in [0.2, 0.25) is 5.95 Å². The van der Waals surface area contributed by atoms with Crippen molar-refractivity contribution in [2.45, 2.75) is 38.6 Å². The highest BCUT2D eigenvalue weighted by atomic mass is 79.9. The molecule has 0 bridgehead atoms. The lowest BCUT2D eigenvalue weighted by Crippen LogP contribution is -2.16. The van der Waals surface area contributed by atoms with Crippen LogP contribution >= 0.6 is 15.9 Å². The minimum Gasteiger partial charge on any atom is -0.366 e. The Balaban J connectivity index is 2.08. The topological polar surface area (TPSA) is 49.8 Å². The van der Waals surface area contributed by atoms with E-state index in [1.54, 1.807) is 6.20 Å². The van der Waals surface area contributed by atoms with Crippen molar-refractivity contribution in [3.8, 4) is 0 Å². The second-order valence-corrected chi connectivity index (χ2v) is 4.90. The molecule has 0 saturated heterocycles. The largest absolute Gasteiger partial charge is 0.366 e. The zero-order chi connectivity index (χ0) is 11.4. The number of anilines is 2. The van der Waals surface area contributed by atoms with Crippen LogP contribution in [0.15, 0.2) is 10.7 Å². The van der Waals surface area contributed by atoms with Crippen LogP contribution in [0.1, 0.15) is 32.6 Å². The molecule has 0 amide bonds. The summed E-state index contributed by atoms with van der Waals surface area (Å²) in [5.41, 5.74) is 0. The van der Waals surface area contributed by atoms with E-state index in [1.807, 2.05) is 6.92 Å². The average Bonchev–Trinajstić information content (AvgIpc) is 2.76. The molecule has 1 aliphatic rings. The Kier molecular flexibility index (Phi) is 3.98. The zero-order valence-corrected chi connectivity index (χ0v) is 11.0. The van der Waals surface area contributed by atoms with Gasteiger partial charge < -0.3 is 10.6 Å². The third kappa shape index (κ3) is 2.84. The summed E-state index contributed by atoms with van der Waals surface area (Å²) < 4.78 is 0.932. The van der Waals surface area contributed by atoms with Crippen molar-refractivity contribution in [2.75, 3.05) is 17.2 Å². The van der Waals surface area contributed by atoms with Crippen LogP contribution in [0.3, 0.4) is 0 Å². The van der Waals surface area contributed by atoms with Crippen molar-refractivity contribution in [1.82, 2.24) is 9.97 Å². The van der Waals surface area contributed by atoms with Gasteiger partial charge in [-0.3, -0.25) is 0 Å². The Morgan fingerprint density at radius 3 is 2.88 bits per heavy atom. The molecule has 1 aromatic heterocycles. The van der Waals surface area contributed by atoms with E-state index in [2.05, 4.69) is 36.5 Å². The van der Waals surface area contributed by atoms with Crippen LogP contribution in [-0.4, -0.2) is 22.6 Å². The second-order valence-electron chi connectivity index (χ2n) is 4.05. The molecule has 1 aliphatic carbocycles. The summed E-state index contributed by atoms with van der Waals surface area (Å²) in [6, 6.07) is 0.570. The minimum absolute atomic E-state index is 0.570. The first-order valence-corrected chi connectivity index (χ1v) is 6.62. The number of rotatable bonds is 4. The second kappa shape index (κ2) is 5.48. The molecule has 1 fully saturated rings. The third-order valence-electron chi connectivity index (χ3n) is 2.78. The molecule has 0 spiro atoms.